The van der Waals surface area contributed by atoms with Gasteiger partial charge in [-0.05, 0) is 93.3 Å². The average molecular weight is 358 g/mol. The summed E-state index contributed by atoms with van der Waals surface area (Å²) < 4.78 is 17.5. The molecule has 0 spiro atoms. The van der Waals surface area contributed by atoms with Crippen LogP contribution in [0.5, 0.6) is 0 Å². The molecule has 2 heterocycles. The highest BCUT2D eigenvalue weighted by Crippen LogP contribution is 2.71. The number of rotatable bonds is 2. The first-order chi connectivity index (χ1) is 12.4. The molecule has 11 atom stereocenters. The van der Waals surface area contributed by atoms with E-state index >= 15 is 0 Å². The highest BCUT2D eigenvalue weighted by atomic mass is 16.7. The molecule has 6 aliphatic rings. The molecule has 2 saturated heterocycles. The lowest BCUT2D eigenvalue weighted by Gasteiger charge is -2.42. The van der Waals surface area contributed by atoms with Crippen molar-refractivity contribution in [2.24, 2.45) is 53.3 Å². The Balaban J connectivity index is 1.15. The number of carbonyl (C=O) groups is 1. The molecule has 5 fully saturated rings. The lowest BCUT2D eigenvalue weighted by molar-refractivity contribution is -0.0239. The molecule has 0 aromatic heterocycles. The van der Waals surface area contributed by atoms with E-state index in [2.05, 4.69) is 12.2 Å². The largest absolute Gasteiger partial charge is 0.508 e. The second kappa shape index (κ2) is 5.06. The van der Waals surface area contributed by atoms with Crippen molar-refractivity contribution >= 4 is 6.16 Å². The summed E-state index contributed by atoms with van der Waals surface area (Å²) in [5, 5.41) is 0. The second-order valence-electron chi connectivity index (χ2n) is 10.8. The molecule has 11 unspecified atom stereocenters. The standard InChI is InChI=1S/C22H30O4/c1-22(2,3)26-21(23)24-9-13-7-12-8-14(13)18-17(12)19-15-10-4-5-11(6-10)16(15)20(18)25-19/h4-5,10-20H,6-9H2,1-3H3. The summed E-state index contributed by atoms with van der Waals surface area (Å²) in [4.78, 5) is 11.9. The SMILES string of the molecule is CC(C)(C)OC(=O)OCC1CC2CC1C1C3OC(C4C5C=CC(C5)C34)C21. The normalized spacial score (nSPS) is 54.7. The van der Waals surface area contributed by atoms with Gasteiger partial charge in [0.15, 0.2) is 0 Å². The minimum Gasteiger partial charge on any atom is -0.434 e. The van der Waals surface area contributed by atoms with E-state index in [4.69, 9.17) is 14.2 Å². The van der Waals surface area contributed by atoms with Crippen LogP contribution in [0.2, 0.25) is 0 Å². The van der Waals surface area contributed by atoms with Crippen LogP contribution in [-0.2, 0) is 14.2 Å². The van der Waals surface area contributed by atoms with Gasteiger partial charge in [-0.25, -0.2) is 4.79 Å². The third-order valence-corrected chi connectivity index (χ3v) is 8.49. The molecular formula is C22H30O4. The molecular weight excluding hydrogens is 328 g/mol. The van der Waals surface area contributed by atoms with Gasteiger partial charge in [-0.2, -0.15) is 0 Å². The Hall–Kier alpha value is -1.03. The lowest BCUT2D eigenvalue weighted by Crippen LogP contribution is -2.46. The number of hydrogen-bond acceptors (Lipinski definition) is 4. The zero-order valence-electron chi connectivity index (χ0n) is 16.0. The Kier molecular flexibility index (Phi) is 3.11. The summed E-state index contributed by atoms with van der Waals surface area (Å²) in [6.45, 7) is 6.16. The Morgan fingerprint density at radius 3 is 2.38 bits per heavy atom. The van der Waals surface area contributed by atoms with E-state index in [0.29, 0.717) is 30.7 Å². The van der Waals surface area contributed by atoms with Gasteiger partial charge in [-0.15, -0.1) is 0 Å². The Morgan fingerprint density at radius 2 is 1.69 bits per heavy atom. The molecule has 0 aromatic carbocycles. The molecule has 4 aliphatic carbocycles. The average Bonchev–Trinajstić information content (AvgIpc) is 3.37. The second-order valence-corrected chi connectivity index (χ2v) is 10.8. The van der Waals surface area contributed by atoms with Crippen molar-refractivity contribution in [1.82, 2.24) is 0 Å². The van der Waals surface area contributed by atoms with Crippen LogP contribution in [0.25, 0.3) is 0 Å². The molecule has 4 heteroatoms. The fraction of sp³-hybridized carbons (Fsp3) is 0.864. The van der Waals surface area contributed by atoms with Crippen molar-refractivity contribution < 1.29 is 19.0 Å². The minimum atomic E-state index is -0.515. The molecule has 6 bridgehead atoms. The fourth-order valence-corrected chi connectivity index (χ4v) is 8.06. The summed E-state index contributed by atoms with van der Waals surface area (Å²) in [6, 6.07) is 0. The van der Waals surface area contributed by atoms with Crippen LogP contribution in [0, 0.1) is 53.3 Å². The molecule has 26 heavy (non-hydrogen) atoms. The monoisotopic (exact) mass is 358 g/mol. The van der Waals surface area contributed by atoms with Gasteiger partial charge >= 0.3 is 6.16 Å². The maximum atomic E-state index is 11.9. The molecule has 3 saturated carbocycles. The van der Waals surface area contributed by atoms with Crippen molar-refractivity contribution in [2.45, 2.75) is 57.8 Å². The Labute approximate surface area is 155 Å². The molecule has 0 N–H and O–H groups in total. The minimum absolute atomic E-state index is 0.481. The van der Waals surface area contributed by atoms with Crippen LogP contribution in [0.3, 0.4) is 0 Å². The molecule has 0 amide bonds. The highest BCUT2D eigenvalue weighted by Gasteiger charge is 2.72. The predicted octanol–water partition coefficient (Wildman–Crippen LogP) is 4.05. The summed E-state index contributed by atoms with van der Waals surface area (Å²) in [5.74, 6) is 6.65. The van der Waals surface area contributed by atoms with E-state index in [1.165, 1.54) is 19.3 Å². The zero-order valence-corrected chi connectivity index (χ0v) is 16.0. The van der Waals surface area contributed by atoms with Gasteiger partial charge in [0.2, 0.25) is 0 Å². The number of allylic oxidation sites excluding steroid dienone is 2. The summed E-state index contributed by atoms with van der Waals surface area (Å²) >= 11 is 0. The first-order valence-corrected chi connectivity index (χ1v) is 10.6. The van der Waals surface area contributed by atoms with E-state index in [1.807, 2.05) is 20.8 Å². The number of ether oxygens (including phenoxy) is 3. The van der Waals surface area contributed by atoms with Crippen molar-refractivity contribution in [1.29, 1.82) is 0 Å². The quantitative estimate of drug-likeness (QED) is 0.552. The van der Waals surface area contributed by atoms with Gasteiger partial charge in [0, 0.05) is 0 Å². The van der Waals surface area contributed by atoms with Crippen LogP contribution in [0.15, 0.2) is 12.2 Å². The van der Waals surface area contributed by atoms with Crippen molar-refractivity contribution in [2.75, 3.05) is 6.61 Å². The van der Waals surface area contributed by atoms with Gasteiger partial charge in [0.1, 0.15) is 5.60 Å². The first kappa shape index (κ1) is 16.0. The summed E-state index contributed by atoms with van der Waals surface area (Å²) in [5.41, 5.74) is -0.486. The van der Waals surface area contributed by atoms with E-state index in [9.17, 15) is 4.79 Å². The number of fused-ring (bicyclic) bond motifs is 16. The topological polar surface area (TPSA) is 44.8 Å². The van der Waals surface area contributed by atoms with Crippen molar-refractivity contribution in [3.05, 3.63) is 12.2 Å². The molecule has 0 radical (unpaired) electrons. The zero-order chi connectivity index (χ0) is 17.8. The predicted molar refractivity (Wildman–Crippen MR) is 95.2 cm³/mol. The maximum absolute atomic E-state index is 11.9. The van der Waals surface area contributed by atoms with Crippen LogP contribution in [0.4, 0.5) is 4.79 Å². The first-order valence-electron chi connectivity index (χ1n) is 10.6. The van der Waals surface area contributed by atoms with Crippen LogP contribution in [-0.4, -0.2) is 30.6 Å². The van der Waals surface area contributed by atoms with Gasteiger partial charge < -0.3 is 14.2 Å². The Morgan fingerprint density at radius 1 is 1.00 bits per heavy atom. The van der Waals surface area contributed by atoms with Crippen LogP contribution in [0.1, 0.15) is 40.0 Å². The fourth-order valence-electron chi connectivity index (χ4n) is 8.06. The maximum Gasteiger partial charge on any atom is 0.508 e. The van der Waals surface area contributed by atoms with Gasteiger partial charge in [-0.3, -0.25) is 0 Å². The van der Waals surface area contributed by atoms with Crippen molar-refractivity contribution in [3.8, 4) is 0 Å². The summed E-state index contributed by atoms with van der Waals surface area (Å²) in [6.07, 6.45) is 9.37. The molecule has 6 rings (SSSR count). The van der Waals surface area contributed by atoms with Crippen LogP contribution >= 0.6 is 0 Å². The van der Waals surface area contributed by atoms with E-state index in [0.717, 1.165) is 41.4 Å². The van der Waals surface area contributed by atoms with Crippen molar-refractivity contribution in [3.63, 3.8) is 0 Å². The van der Waals surface area contributed by atoms with E-state index < -0.39 is 11.8 Å². The van der Waals surface area contributed by atoms with Gasteiger partial charge in [0.25, 0.3) is 0 Å². The smallest absolute Gasteiger partial charge is 0.434 e. The molecule has 4 nitrogen and oxygen atoms in total. The molecule has 142 valence electrons. The molecule has 2 aliphatic heterocycles. The van der Waals surface area contributed by atoms with E-state index in [1.54, 1.807) is 0 Å². The highest BCUT2D eigenvalue weighted by molar-refractivity contribution is 5.60. The third kappa shape index (κ3) is 2.03. The van der Waals surface area contributed by atoms with E-state index in [-0.39, 0.29) is 0 Å². The third-order valence-electron chi connectivity index (χ3n) is 8.49. The number of hydrogen-bond donors (Lipinski definition) is 0. The van der Waals surface area contributed by atoms with Gasteiger partial charge in [0.05, 0.1) is 18.8 Å². The van der Waals surface area contributed by atoms with Crippen LogP contribution < -0.4 is 0 Å². The Bertz CT molecular complexity index is 664. The summed E-state index contributed by atoms with van der Waals surface area (Å²) in [7, 11) is 0. The number of carbonyl (C=O) groups excluding carboxylic acids is 1. The lowest BCUT2D eigenvalue weighted by atomic mass is 9.59. The molecule has 0 aromatic rings. The van der Waals surface area contributed by atoms with Gasteiger partial charge in [-0.1, -0.05) is 12.2 Å².